The average molecular weight is 469 g/mol. The molecule has 0 aromatic heterocycles. The lowest BCUT2D eigenvalue weighted by molar-refractivity contribution is -0.332. The zero-order valence-electron chi connectivity index (χ0n) is 19.2. The van der Waals surface area contributed by atoms with Gasteiger partial charge in [-0.15, -0.1) is 0 Å². The van der Waals surface area contributed by atoms with Crippen LogP contribution in [0.2, 0.25) is 5.02 Å². The number of aromatic hydroxyl groups is 1. The largest absolute Gasteiger partial charge is 0.507 e. The van der Waals surface area contributed by atoms with Crippen LogP contribution < -0.4 is 4.74 Å². The molecule has 8 heteroatoms. The number of hydrogen-bond acceptors (Lipinski definition) is 7. The molecule has 0 bridgehead atoms. The van der Waals surface area contributed by atoms with Crippen LogP contribution in [-0.2, 0) is 4.74 Å². The van der Waals surface area contributed by atoms with Crippen LogP contribution in [0.5, 0.6) is 11.5 Å². The summed E-state index contributed by atoms with van der Waals surface area (Å²) in [5, 5.41) is 43.7. The molecule has 3 fully saturated rings. The van der Waals surface area contributed by atoms with Gasteiger partial charge in [-0.3, -0.25) is 0 Å². The number of aliphatic hydroxyl groups excluding tert-OH is 2. The topological polar surface area (TPSA) is 116 Å². The van der Waals surface area contributed by atoms with Gasteiger partial charge in [-0.25, -0.2) is 4.79 Å². The first-order chi connectivity index (χ1) is 14.8. The monoisotopic (exact) mass is 468 g/mol. The van der Waals surface area contributed by atoms with E-state index >= 15 is 0 Å². The zero-order valence-corrected chi connectivity index (χ0v) is 19.9. The van der Waals surface area contributed by atoms with Crippen molar-refractivity contribution >= 4 is 17.6 Å². The van der Waals surface area contributed by atoms with E-state index < -0.39 is 41.7 Å². The number of fused-ring (bicyclic) bond motifs is 3. The first-order valence-corrected chi connectivity index (χ1v) is 11.5. The molecule has 4 N–H and O–H groups in total. The average Bonchev–Trinajstić information content (AvgIpc) is 3.05. The number of esters is 1. The molecule has 1 aromatic rings. The van der Waals surface area contributed by atoms with Crippen molar-refractivity contribution in [1.82, 2.24) is 0 Å². The van der Waals surface area contributed by atoms with Gasteiger partial charge < -0.3 is 29.9 Å². The van der Waals surface area contributed by atoms with Gasteiger partial charge in [-0.05, 0) is 49.0 Å². The summed E-state index contributed by atoms with van der Waals surface area (Å²) in [5.41, 5.74) is -1.93. The summed E-state index contributed by atoms with van der Waals surface area (Å²) in [5.74, 6) is -1.70. The van der Waals surface area contributed by atoms with Gasteiger partial charge in [0.15, 0.2) is 0 Å². The second-order valence-corrected chi connectivity index (χ2v) is 11.3. The maximum absolute atomic E-state index is 13.1. The van der Waals surface area contributed by atoms with Gasteiger partial charge in [0.1, 0.15) is 28.8 Å². The summed E-state index contributed by atoms with van der Waals surface area (Å²) in [6.07, 6.45) is 0.274. The number of carbonyl (C=O) groups is 1. The molecule has 0 amide bonds. The lowest BCUT2D eigenvalue weighted by atomic mass is 9.40. The molecular weight excluding hydrogens is 436 g/mol. The van der Waals surface area contributed by atoms with Gasteiger partial charge in [-0.1, -0.05) is 32.4 Å². The van der Waals surface area contributed by atoms with E-state index in [9.17, 15) is 25.2 Å². The lowest BCUT2D eigenvalue weighted by Crippen LogP contribution is -2.79. The predicted octanol–water partition coefficient (Wildman–Crippen LogP) is 3.06. The summed E-state index contributed by atoms with van der Waals surface area (Å²) in [6, 6.07) is 1.25. The minimum absolute atomic E-state index is 0.0178. The number of benzene rings is 1. The van der Waals surface area contributed by atoms with Crippen LogP contribution in [0.1, 0.15) is 56.0 Å². The van der Waals surface area contributed by atoms with Crippen LogP contribution in [0, 0.1) is 35.5 Å². The molecule has 1 aromatic carbocycles. The van der Waals surface area contributed by atoms with E-state index in [2.05, 4.69) is 13.8 Å². The molecule has 0 unspecified atom stereocenters. The fraction of sp³-hybridized carbons (Fsp3) is 0.708. The van der Waals surface area contributed by atoms with Crippen molar-refractivity contribution < 1.29 is 34.7 Å². The summed E-state index contributed by atoms with van der Waals surface area (Å²) in [4.78, 5) is 13.1. The van der Waals surface area contributed by atoms with E-state index in [-0.39, 0.29) is 39.3 Å². The Morgan fingerprint density at radius 1 is 1.25 bits per heavy atom. The molecule has 0 aliphatic heterocycles. The Balaban J connectivity index is 1.65. The van der Waals surface area contributed by atoms with Crippen LogP contribution in [0.4, 0.5) is 0 Å². The van der Waals surface area contributed by atoms with Crippen molar-refractivity contribution in [3.8, 4) is 11.5 Å². The number of methoxy groups -OCH3 is 1. The molecule has 178 valence electrons. The number of rotatable bonds is 4. The normalized spacial score (nSPS) is 39.6. The fourth-order valence-electron chi connectivity index (χ4n) is 7.00. The number of ether oxygens (including phenoxy) is 2. The number of halogens is 1. The van der Waals surface area contributed by atoms with Crippen molar-refractivity contribution in [2.75, 3.05) is 13.7 Å². The third kappa shape index (κ3) is 3.01. The Hall–Kier alpha value is -1.54. The highest BCUT2D eigenvalue weighted by Gasteiger charge is 2.76. The Morgan fingerprint density at radius 2 is 1.91 bits per heavy atom. The van der Waals surface area contributed by atoms with Gasteiger partial charge in [0, 0.05) is 17.4 Å². The maximum atomic E-state index is 13.1. The van der Waals surface area contributed by atoms with Crippen molar-refractivity contribution in [2.24, 2.45) is 28.6 Å². The van der Waals surface area contributed by atoms with E-state index in [1.807, 2.05) is 6.92 Å². The molecule has 0 spiro atoms. The smallest absolute Gasteiger partial charge is 0.342 e. The molecular formula is C24H33ClO7. The van der Waals surface area contributed by atoms with Crippen LogP contribution in [0.25, 0.3) is 0 Å². The summed E-state index contributed by atoms with van der Waals surface area (Å²) < 4.78 is 10.8. The van der Waals surface area contributed by atoms with Crippen molar-refractivity contribution in [3.05, 3.63) is 22.2 Å². The number of carbonyl (C=O) groups excluding carboxylic acids is 1. The van der Waals surface area contributed by atoms with E-state index in [1.54, 1.807) is 6.92 Å². The van der Waals surface area contributed by atoms with E-state index in [1.165, 1.54) is 13.2 Å². The lowest BCUT2D eigenvalue weighted by Gasteiger charge is -2.69. The SMILES string of the molecule is COc1cc(O)c(C(=O)O[C@@H]2C[C@]3(C)[C@H]4CC(C)(C)C[C@H]4[C@H](O)[C@@H](CO)[C@]23O)c(C)c1Cl. The standard InChI is InChI=1S/C24H33ClO7/c1-11-18(15(27)6-16(31-5)19(11)25)21(29)32-17-9-23(4)13-8-22(2,3)7-12(13)20(28)14(10-26)24(17,23)30/h6,12-14,17,20,26-28,30H,7-10H2,1-5H3/t12-,13+,14-,17-,20+,23-,24+/m1/s1. The summed E-state index contributed by atoms with van der Waals surface area (Å²) in [6.45, 7) is 7.45. The van der Waals surface area contributed by atoms with Gasteiger partial charge in [0.2, 0.25) is 0 Å². The molecule has 32 heavy (non-hydrogen) atoms. The molecule has 3 aliphatic rings. The Kier molecular flexibility index (Phi) is 5.52. The van der Waals surface area contributed by atoms with Crippen LogP contribution in [-0.4, -0.2) is 57.9 Å². The molecule has 0 radical (unpaired) electrons. The highest BCUT2D eigenvalue weighted by molar-refractivity contribution is 6.33. The maximum Gasteiger partial charge on any atom is 0.342 e. The second-order valence-electron chi connectivity index (χ2n) is 10.9. The molecule has 3 saturated carbocycles. The Morgan fingerprint density at radius 3 is 2.50 bits per heavy atom. The molecule has 7 nitrogen and oxygen atoms in total. The van der Waals surface area contributed by atoms with Crippen LogP contribution in [0.15, 0.2) is 6.07 Å². The molecule has 0 saturated heterocycles. The van der Waals surface area contributed by atoms with Crippen molar-refractivity contribution in [1.29, 1.82) is 0 Å². The van der Waals surface area contributed by atoms with Gasteiger partial charge in [0.25, 0.3) is 0 Å². The van der Waals surface area contributed by atoms with Gasteiger partial charge in [0.05, 0.1) is 24.8 Å². The zero-order chi connectivity index (χ0) is 23.8. The Bertz CT molecular complexity index is 947. The van der Waals surface area contributed by atoms with Gasteiger partial charge in [-0.2, -0.15) is 0 Å². The third-order valence-corrected chi connectivity index (χ3v) is 9.11. The number of phenols is 1. The molecule has 3 aliphatic carbocycles. The number of hydrogen-bond donors (Lipinski definition) is 4. The highest BCUT2D eigenvalue weighted by Crippen LogP contribution is 2.70. The fourth-order valence-corrected chi connectivity index (χ4v) is 7.22. The highest BCUT2D eigenvalue weighted by atomic mass is 35.5. The first-order valence-electron chi connectivity index (χ1n) is 11.1. The van der Waals surface area contributed by atoms with Crippen LogP contribution >= 0.6 is 11.6 Å². The van der Waals surface area contributed by atoms with Gasteiger partial charge >= 0.3 is 5.97 Å². The summed E-state index contributed by atoms with van der Waals surface area (Å²) >= 11 is 6.25. The minimum Gasteiger partial charge on any atom is -0.507 e. The van der Waals surface area contributed by atoms with Crippen LogP contribution in [0.3, 0.4) is 0 Å². The quantitative estimate of drug-likeness (QED) is 0.502. The molecule has 4 rings (SSSR count). The van der Waals surface area contributed by atoms with Crippen molar-refractivity contribution in [2.45, 2.75) is 64.8 Å². The Labute approximate surface area is 193 Å². The third-order valence-electron chi connectivity index (χ3n) is 8.64. The second kappa shape index (κ2) is 7.49. The first kappa shape index (κ1) is 23.6. The molecule has 0 heterocycles. The summed E-state index contributed by atoms with van der Waals surface area (Å²) in [7, 11) is 1.41. The predicted molar refractivity (Wildman–Crippen MR) is 118 cm³/mol. The van der Waals surface area contributed by atoms with Crippen molar-refractivity contribution in [3.63, 3.8) is 0 Å². The van der Waals surface area contributed by atoms with E-state index in [0.717, 1.165) is 12.8 Å². The number of aliphatic hydroxyl groups is 3. The van der Waals surface area contributed by atoms with E-state index in [0.29, 0.717) is 12.0 Å². The minimum atomic E-state index is -1.57. The van der Waals surface area contributed by atoms with E-state index in [4.69, 9.17) is 21.1 Å². The number of phenolic OH excluding ortho intramolecular Hbond substituents is 1. The molecule has 7 atom stereocenters.